The quantitative estimate of drug-likeness (QED) is 0.526. The Morgan fingerprint density at radius 2 is 2.33 bits per heavy atom. The molecule has 0 amide bonds. The maximum absolute atomic E-state index is 11.3. The van der Waals surface area contributed by atoms with E-state index in [0.717, 1.165) is 12.8 Å². The number of carbonyl (C=O) groups excluding carboxylic acids is 1. The molecule has 84 valence electrons. The van der Waals surface area contributed by atoms with Gasteiger partial charge in [-0.25, -0.2) is 4.79 Å². The van der Waals surface area contributed by atoms with Crippen LogP contribution in [0.3, 0.4) is 0 Å². The van der Waals surface area contributed by atoms with Crippen LogP contribution in [0.15, 0.2) is 24.8 Å². The van der Waals surface area contributed by atoms with Crippen molar-refractivity contribution in [2.75, 3.05) is 7.11 Å². The summed E-state index contributed by atoms with van der Waals surface area (Å²) in [4.78, 5) is 11.3. The van der Waals surface area contributed by atoms with Gasteiger partial charge in [-0.05, 0) is 18.9 Å². The van der Waals surface area contributed by atoms with E-state index < -0.39 is 6.10 Å². The zero-order chi connectivity index (χ0) is 11.3. The average molecular weight is 210 g/mol. The molecule has 0 radical (unpaired) electrons. The van der Waals surface area contributed by atoms with Crippen LogP contribution in [-0.4, -0.2) is 25.3 Å². The van der Waals surface area contributed by atoms with Crippen molar-refractivity contribution in [3.8, 4) is 0 Å². The molecule has 0 aromatic rings. The molecule has 0 aromatic heterocycles. The number of hydrogen-bond acceptors (Lipinski definition) is 3. The number of methoxy groups -OCH3 is 1. The predicted molar refractivity (Wildman–Crippen MR) is 58.4 cm³/mol. The molecule has 0 saturated carbocycles. The molecule has 15 heavy (non-hydrogen) atoms. The number of esters is 1. The second kappa shape index (κ2) is 5.71. The summed E-state index contributed by atoms with van der Waals surface area (Å²) in [5.74, 6) is 0.00705. The summed E-state index contributed by atoms with van der Waals surface area (Å²) in [7, 11) is 1.37. The summed E-state index contributed by atoms with van der Waals surface area (Å²) in [5, 5.41) is 0. The van der Waals surface area contributed by atoms with Gasteiger partial charge in [0.05, 0.1) is 13.2 Å². The molecule has 1 aliphatic heterocycles. The summed E-state index contributed by atoms with van der Waals surface area (Å²) in [6, 6.07) is 0. The third-order valence-electron chi connectivity index (χ3n) is 2.59. The Morgan fingerprint density at radius 1 is 1.60 bits per heavy atom. The van der Waals surface area contributed by atoms with Crippen LogP contribution in [-0.2, 0) is 14.3 Å². The van der Waals surface area contributed by atoms with E-state index in [1.807, 2.05) is 12.2 Å². The molecule has 1 heterocycles. The molecule has 3 heteroatoms. The molecular weight excluding hydrogens is 192 g/mol. The SMILES string of the molecule is C=CCC[C@H]1O[C@@H](C(=O)OC)C=C[C@H]1C. The molecule has 1 aliphatic rings. The minimum Gasteiger partial charge on any atom is -0.467 e. The van der Waals surface area contributed by atoms with Crippen molar-refractivity contribution in [1.82, 2.24) is 0 Å². The molecule has 0 saturated heterocycles. The first-order valence-electron chi connectivity index (χ1n) is 5.21. The smallest absolute Gasteiger partial charge is 0.339 e. The highest BCUT2D eigenvalue weighted by molar-refractivity contribution is 5.76. The lowest BCUT2D eigenvalue weighted by atomic mass is 9.96. The molecule has 1 rings (SSSR count). The van der Waals surface area contributed by atoms with Crippen molar-refractivity contribution in [2.24, 2.45) is 5.92 Å². The van der Waals surface area contributed by atoms with Gasteiger partial charge in [0.2, 0.25) is 0 Å². The largest absolute Gasteiger partial charge is 0.467 e. The highest BCUT2D eigenvalue weighted by Gasteiger charge is 2.28. The molecule has 0 N–H and O–H groups in total. The number of hydrogen-bond donors (Lipinski definition) is 0. The zero-order valence-corrected chi connectivity index (χ0v) is 9.31. The lowest BCUT2D eigenvalue weighted by Gasteiger charge is -2.29. The van der Waals surface area contributed by atoms with Gasteiger partial charge in [0.15, 0.2) is 6.10 Å². The number of allylic oxidation sites excluding steroid dienone is 1. The van der Waals surface area contributed by atoms with Gasteiger partial charge in [0.1, 0.15) is 0 Å². The summed E-state index contributed by atoms with van der Waals surface area (Å²) < 4.78 is 10.3. The van der Waals surface area contributed by atoms with Crippen molar-refractivity contribution in [2.45, 2.75) is 32.0 Å². The standard InChI is InChI=1S/C12H18O3/c1-4-5-6-10-9(2)7-8-11(15-10)12(13)14-3/h4,7-11H,1,5-6H2,2-3H3/t9-,10-,11-/m1/s1. The summed E-state index contributed by atoms with van der Waals surface area (Å²) in [5.41, 5.74) is 0. The maximum Gasteiger partial charge on any atom is 0.339 e. The predicted octanol–water partition coefficient (Wildman–Crippen LogP) is 2.09. The topological polar surface area (TPSA) is 35.5 Å². The van der Waals surface area contributed by atoms with E-state index in [-0.39, 0.29) is 12.1 Å². The minimum absolute atomic E-state index is 0.0806. The Kier molecular flexibility index (Phi) is 4.56. The molecule has 3 nitrogen and oxygen atoms in total. The highest BCUT2D eigenvalue weighted by atomic mass is 16.6. The van der Waals surface area contributed by atoms with E-state index >= 15 is 0 Å². The molecule has 3 atom stereocenters. The second-order valence-electron chi connectivity index (χ2n) is 3.73. The van der Waals surface area contributed by atoms with Crippen molar-refractivity contribution < 1.29 is 14.3 Å². The van der Waals surface area contributed by atoms with Gasteiger partial charge in [-0.1, -0.05) is 19.1 Å². The van der Waals surface area contributed by atoms with Crippen LogP contribution >= 0.6 is 0 Å². The third kappa shape index (κ3) is 3.20. The fourth-order valence-electron chi connectivity index (χ4n) is 1.62. The highest BCUT2D eigenvalue weighted by Crippen LogP contribution is 2.22. The van der Waals surface area contributed by atoms with E-state index in [1.165, 1.54) is 7.11 Å². The van der Waals surface area contributed by atoms with Crippen LogP contribution in [0, 0.1) is 5.92 Å². The lowest BCUT2D eigenvalue weighted by Crippen LogP contribution is -2.35. The van der Waals surface area contributed by atoms with Crippen LogP contribution in [0.25, 0.3) is 0 Å². The van der Waals surface area contributed by atoms with Crippen LogP contribution in [0.5, 0.6) is 0 Å². The average Bonchev–Trinajstić information content (AvgIpc) is 2.27. The fraction of sp³-hybridized carbons (Fsp3) is 0.583. The third-order valence-corrected chi connectivity index (χ3v) is 2.59. The van der Waals surface area contributed by atoms with Crippen LogP contribution in [0.4, 0.5) is 0 Å². The van der Waals surface area contributed by atoms with Gasteiger partial charge in [0.25, 0.3) is 0 Å². The molecule has 0 fully saturated rings. The van der Waals surface area contributed by atoms with Gasteiger partial charge in [-0.2, -0.15) is 0 Å². The lowest BCUT2D eigenvalue weighted by molar-refractivity contribution is -0.156. The molecule has 0 bridgehead atoms. The van der Waals surface area contributed by atoms with Gasteiger partial charge in [-0.3, -0.25) is 0 Å². The first-order valence-corrected chi connectivity index (χ1v) is 5.21. The van der Waals surface area contributed by atoms with Crippen molar-refractivity contribution in [3.05, 3.63) is 24.8 Å². The van der Waals surface area contributed by atoms with Crippen molar-refractivity contribution in [1.29, 1.82) is 0 Å². The van der Waals surface area contributed by atoms with E-state index in [4.69, 9.17) is 4.74 Å². The Hall–Kier alpha value is -1.09. The van der Waals surface area contributed by atoms with E-state index in [1.54, 1.807) is 6.08 Å². The Balaban J connectivity index is 2.57. The zero-order valence-electron chi connectivity index (χ0n) is 9.31. The number of rotatable bonds is 4. The molecule has 0 spiro atoms. The summed E-state index contributed by atoms with van der Waals surface area (Å²) >= 11 is 0. The Morgan fingerprint density at radius 3 is 2.93 bits per heavy atom. The molecule has 0 aliphatic carbocycles. The van der Waals surface area contributed by atoms with Crippen LogP contribution < -0.4 is 0 Å². The summed E-state index contributed by atoms with van der Waals surface area (Å²) in [6.07, 6.45) is 6.97. The number of ether oxygens (including phenoxy) is 2. The van der Waals surface area contributed by atoms with Crippen LogP contribution in [0.2, 0.25) is 0 Å². The normalized spacial score (nSPS) is 29.9. The van der Waals surface area contributed by atoms with E-state index in [2.05, 4.69) is 18.2 Å². The fourth-order valence-corrected chi connectivity index (χ4v) is 1.62. The Bertz CT molecular complexity index is 258. The van der Waals surface area contributed by atoms with E-state index in [9.17, 15) is 4.79 Å². The van der Waals surface area contributed by atoms with Gasteiger partial charge < -0.3 is 9.47 Å². The summed E-state index contributed by atoms with van der Waals surface area (Å²) in [6.45, 7) is 5.76. The van der Waals surface area contributed by atoms with Crippen LogP contribution in [0.1, 0.15) is 19.8 Å². The first-order chi connectivity index (χ1) is 7.19. The second-order valence-corrected chi connectivity index (χ2v) is 3.73. The minimum atomic E-state index is -0.541. The molecule has 0 unspecified atom stereocenters. The molecular formula is C12H18O3. The maximum atomic E-state index is 11.3. The van der Waals surface area contributed by atoms with Crippen molar-refractivity contribution >= 4 is 5.97 Å². The van der Waals surface area contributed by atoms with Gasteiger partial charge >= 0.3 is 5.97 Å². The number of carbonyl (C=O) groups is 1. The van der Waals surface area contributed by atoms with Crippen molar-refractivity contribution in [3.63, 3.8) is 0 Å². The molecule has 0 aromatic carbocycles. The Labute approximate surface area is 90.8 Å². The monoisotopic (exact) mass is 210 g/mol. The van der Waals surface area contributed by atoms with E-state index in [0.29, 0.717) is 5.92 Å². The first kappa shape index (κ1) is 12.0. The van der Waals surface area contributed by atoms with Gasteiger partial charge in [-0.15, -0.1) is 6.58 Å². The van der Waals surface area contributed by atoms with Gasteiger partial charge in [0, 0.05) is 5.92 Å².